The van der Waals surface area contributed by atoms with E-state index in [1.807, 2.05) is 6.08 Å². The topological polar surface area (TPSA) is 84.5 Å². The summed E-state index contributed by atoms with van der Waals surface area (Å²) in [4.78, 5) is 11.3. The van der Waals surface area contributed by atoms with Gasteiger partial charge in [-0.15, -0.1) is 0 Å². The van der Waals surface area contributed by atoms with Crippen molar-refractivity contribution in [3.63, 3.8) is 0 Å². The summed E-state index contributed by atoms with van der Waals surface area (Å²) in [6.45, 7) is 0. The smallest absolute Gasteiger partial charge is 0.234 e. The highest BCUT2D eigenvalue weighted by molar-refractivity contribution is 7.90. The van der Waals surface area contributed by atoms with E-state index in [4.69, 9.17) is 4.74 Å². The van der Waals surface area contributed by atoms with Gasteiger partial charge < -0.3 is 4.74 Å². The molecule has 0 spiro atoms. The number of benzene rings is 1. The van der Waals surface area contributed by atoms with Gasteiger partial charge in [-0.3, -0.25) is 10.2 Å². The van der Waals surface area contributed by atoms with Crippen molar-refractivity contribution in [3.8, 4) is 5.75 Å². The fourth-order valence-electron chi connectivity index (χ4n) is 2.08. The van der Waals surface area contributed by atoms with Crippen molar-refractivity contribution >= 4 is 21.8 Å². The van der Waals surface area contributed by atoms with Crippen LogP contribution in [-0.4, -0.2) is 33.7 Å². The molecule has 0 bridgehead atoms. The molecule has 114 valence electrons. The zero-order valence-electron chi connectivity index (χ0n) is 11.9. The molecule has 1 saturated heterocycles. The summed E-state index contributed by atoms with van der Waals surface area (Å²) >= 11 is 0. The molecule has 21 heavy (non-hydrogen) atoms. The van der Waals surface area contributed by atoms with Crippen LogP contribution in [0.5, 0.6) is 5.75 Å². The minimum atomic E-state index is -3.32. The molecule has 1 fully saturated rings. The lowest BCUT2D eigenvalue weighted by Gasteiger charge is -2.20. The summed E-state index contributed by atoms with van der Waals surface area (Å²) in [5, 5.41) is 0. The van der Waals surface area contributed by atoms with Crippen LogP contribution in [-0.2, 0) is 14.6 Å². The number of amides is 1. The van der Waals surface area contributed by atoms with E-state index in [2.05, 4.69) is 10.9 Å². The molecule has 1 unspecified atom stereocenters. The Hall–Kier alpha value is -1.86. The molecule has 2 rings (SSSR count). The summed E-state index contributed by atoms with van der Waals surface area (Å²) < 4.78 is 28.7. The summed E-state index contributed by atoms with van der Waals surface area (Å²) in [5.41, 5.74) is 5.98. The van der Waals surface area contributed by atoms with Gasteiger partial charge in [-0.2, -0.15) is 0 Å². The van der Waals surface area contributed by atoms with Crippen molar-refractivity contribution in [1.29, 1.82) is 0 Å². The van der Waals surface area contributed by atoms with Crippen LogP contribution in [0.4, 0.5) is 0 Å². The number of hydrogen-bond acceptors (Lipinski definition) is 5. The van der Waals surface area contributed by atoms with Gasteiger partial charge in [0, 0.05) is 18.7 Å². The van der Waals surface area contributed by atoms with Gasteiger partial charge in [-0.25, -0.2) is 13.8 Å². The van der Waals surface area contributed by atoms with Gasteiger partial charge in [0.15, 0.2) is 9.84 Å². The molecule has 1 amide bonds. The first-order valence-corrected chi connectivity index (χ1v) is 8.40. The minimum Gasteiger partial charge on any atom is -0.497 e. The second kappa shape index (κ2) is 6.28. The molecule has 0 aliphatic carbocycles. The number of carbonyl (C=O) groups excluding carboxylic acids is 1. The SMILES string of the molecule is COc1ccc(S(C)(=O)=O)c(/C=C/C2CCC(=O)NN2)c1. The standard InChI is InChI=1S/C14H18N2O4S/c1-20-12-6-7-13(21(2,18)19)10(9-12)3-4-11-5-8-14(17)16-15-11/h3-4,6-7,9,11,15H,5,8H2,1-2H3,(H,16,17)/b4-3+. The summed E-state index contributed by atoms with van der Waals surface area (Å²) in [7, 11) is -1.79. The molecule has 1 aromatic rings. The van der Waals surface area contributed by atoms with E-state index in [0.717, 1.165) is 0 Å². The highest BCUT2D eigenvalue weighted by Crippen LogP contribution is 2.23. The molecule has 2 N–H and O–H groups in total. The molecule has 1 aliphatic heterocycles. The lowest BCUT2D eigenvalue weighted by atomic mass is 10.1. The molecule has 1 heterocycles. The normalized spacial score (nSPS) is 19.5. The molecule has 1 atom stereocenters. The van der Waals surface area contributed by atoms with E-state index >= 15 is 0 Å². The quantitative estimate of drug-likeness (QED) is 0.863. The first-order chi connectivity index (χ1) is 9.90. The maximum atomic E-state index is 11.8. The molecular weight excluding hydrogens is 292 g/mol. The van der Waals surface area contributed by atoms with E-state index < -0.39 is 9.84 Å². The molecule has 0 radical (unpaired) electrons. The Balaban J connectivity index is 2.27. The average molecular weight is 310 g/mol. The average Bonchev–Trinajstić information content (AvgIpc) is 2.45. The second-order valence-electron chi connectivity index (χ2n) is 4.87. The van der Waals surface area contributed by atoms with E-state index in [9.17, 15) is 13.2 Å². The highest BCUT2D eigenvalue weighted by Gasteiger charge is 2.16. The third-order valence-corrected chi connectivity index (χ3v) is 4.37. The molecule has 1 aromatic carbocycles. The third kappa shape index (κ3) is 4.05. The van der Waals surface area contributed by atoms with E-state index in [0.29, 0.717) is 24.2 Å². The van der Waals surface area contributed by atoms with Crippen LogP contribution >= 0.6 is 0 Å². The van der Waals surface area contributed by atoms with Gasteiger partial charge in [0.2, 0.25) is 5.91 Å². The van der Waals surface area contributed by atoms with Crippen LogP contribution in [0, 0.1) is 0 Å². The van der Waals surface area contributed by atoms with Crippen LogP contribution in [0.1, 0.15) is 18.4 Å². The zero-order valence-corrected chi connectivity index (χ0v) is 12.7. The number of sulfone groups is 1. The molecule has 1 aliphatic rings. The van der Waals surface area contributed by atoms with Crippen molar-refractivity contribution in [2.75, 3.05) is 13.4 Å². The Morgan fingerprint density at radius 1 is 1.38 bits per heavy atom. The summed E-state index contributed by atoms with van der Waals surface area (Å²) in [5.74, 6) is 0.546. The fraction of sp³-hybridized carbons (Fsp3) is 0.357. The number of hydrogen-bond donors (Lipinski definition) is 2. The second-order valence-corrected chi connectivity index (χ2v) is 6.86. The lowest BCUT2D eigenvalue weighted by molar-refractivity contribution is -0.123. The Bertz CT molecular complexity index is 658. The lowest BCUT2D eigenvalue weighted by Crippen LogP contribution is -2.48. The Kier molecular flexibility index (Phi) is 4.64. The number of hydrazine groups is 1. The fourth-order valence-corrected chi connectivity index (χ4v) is 2.95. The van der Waals surface area contributed by atoms with E-state index in [1.54, 1.807) is 18.2 Å². The number of rotatable bonds is 4. The first kappa shape index (κ1) is 15.5. The van der Waals surface area contributed by atoms with Gasteiger partial charge in [0.05, 0.1) is 12.0 Å². The Labute approximate surface area is 124 Å². The van der Waals surface area contributed by atoms with Gasteiger partial charge in [-0.05, 0) is 30.2 Å². The van der Waals surface area contributed by atoms with Gasteiger partial charge >= 0.3 is 0 Å². The van der Waals surface area contributed by atoms with E-state index in [-0.39, 0.29) is 16.8 Å². The van der Waals surface area contributed by atoms with Crippen molar-refractivity contribution in [3.05, 3.63) is 29.8 Å². The van der Waals surface area contributed by atoms with Crippen LogP contribution in [0.3, 0.4) is 0 Å². The summed E-state index contributed by atoms with van der Waals surface area (Å²) in [6.07, 6.45) is 5.85. The molecule has 0 aromatic heterocycles. The van der Waals surface area contributed by atoms with Crippen molar-refractivity contribution in [1.82, 2.24) is 10.9 Å². The van der Waals surface area contributed by atoms with Crippen LogP contribution < -0.4 is 15.6 Å². The monoisotopic (exact) mass is 310 g/mol. The van der Waals surface area contributed by atoms with Crippen molar-refractivity contribution in [2.24, 2.45) is 0 Å². The molecule has 0 saturated carbocycles. The van der Waals surface area contributed by atoms with Crippen molar-refractivity contribution in [2.45, 2.75) is 23.8 Å². The molecule has 7 heteroatoms. The first-order valence-electron chi connectivity index (χ1n) is 6.51. The number of ether oxygens (including phenoxy) is 1. The van der Waals surface area contributed by atoms with Gasteiger partial charge in [0.1, 0.15) is 5.75 Å². The number of nitrogens with one attached hydrogen (secondary N) is 2. The predicted molar refractivity (Wildman–Crippen MR) is 79.4 cm³/mol. The molecular formula is C14H18N2O4S. The number of methoxy groups -OCH3 is 1. The van der Waals surface area contributed by atoms with Gasteiger partial charge in [-0.1, -0.05) is 12.2 Å². The highest BCUT2D eigenvalue weighted by atomic mass is 32.2. The van der Waals surface area contributed by atoms with Crippen molar-refractivity contribution < 1.29 is 17.9 Å². The van der Waals surface area contributed by atoms with E-state index in [1.165, 1.54) is 19.4 Å². The van der Waals surface area contributed by atoms with Crippen LogP contribution in [0.15, 0.2) is 29.2 Å². The zero-order chi connectivity index (χ0) is 15.5. The number of carbonyl (C=O) groups is 1. The van der Waals surface area contributed by atoms with Crippen LogP contribution in [0.2, 0.25) is 0 Å². The van der Waals surface area contributed by atoms with Crippen LogP contribution in [0.25, 0.3) is 6.08 Å². The van der Waals surface area contributed by atoms with Gasteiger partial charge in [0.25, 0.3) is 0 Å². The minimum absolute atomic E-state index is 0.0266. The largest absolute Gasteiger partial charge is 0.497 e. The maximum absolute atomic E-state index is 11.8. The Morgan fingerprint density at radius 3 is 2.71 bits per heavy atom. The predicted octanol–water partition coefficient (Wildman–Crippen LogP) is 0.895. The third-order valence-electron chi connectivity index (χ3n) is 3.20. The Morgan fingerprint density at radius 2 is 2.14 bits per heavy atom. The summed E-state index contributed by atoms with van der Waals surface area (Å²) in [6, 6.07) is 4.80. The molecule has 6 nitrogen and oxygen atoms in total. The maximum Gasteiger partial charge on any atom is 0.234 e.